The Hall–Kier alpha value is 0.310. The molecule has 1 fully saturated rings. The van der Waals surface area contributed by atoms with Gasteiger partial charge in [-0.3, -0.25) is 0 Å². The van der Waals surface area contributed by atoms with Gasteiger partial charge in [-0.2, -0.15) is 11.8 Å². The quantitative estimate of drug-likeness (QED) is 0.557. The lowest BCUT2D eigenvalue weighted by molar-refractivity contribution is 0.397. The third-order valence-electron chi connectivity index (χ3n) is 3.68. The Morgan fingerprint density at radius 2 is 2.06 bits per heavy atom. The van der Waals surface area contributed by atoms with E-state index in [4.69, 9.17) is 0 Å². The molecule has 0 aromatic carbocycles. The fourth-order valence-electron chi connectivity index (χ4n) is 2.54. The van der Waals surface area contributed by atoms with E-state index in [1.165, 1.54) is 50.0 Å². The molecule has 0 saturated heterocycles. The zero-order valence-corrected chi connectivity index (χ0v) is 12.1. The standard InChI is InChI=1S/C14H29NS/c1-4-16-11-10-13(3)15-14-7-5-6-12(2)8-9-14/h12-15H,4-11H2,1-3H3. The molecule has 0 aliphatic heterocycles. The zero-order chi connectivity index (χ0) is 11.8. The topological polar surface area (TPSA) is 12.0 Å². The van der Waals surface area contributed by atoms with Crippen LogP contribution in [0.3, 0.4) is 0 Å². The van der Waals surface area contributed by atoms with Crippen LogP contribution < -0.4 is 5.32 Å². The molecule has 1 nitrogen and oxygen atoms in total. The fourth-order valence-corrected chi connectivity index (χ4v) is 3.35. The van der Waals surface area contributed by atoms with E-state index in [2.05, 4.69) is 37.8 Å². The maximum absolute atomic E-state index is 3.82. The Kier molecular flexibility index (Phi) is 7.55. The van der Waals surface area contributed by atoms with Crippen LogP contribution in [-0.4, -0.2) is 23.6 Å². The van der Waals surface area contributed by atoms with Crippen molar-refractivity contribution in [1.29, 1.82) is 0 Å². The average molecular weight is 243 g/mol. The van der Waals surface area contributed by atoms with E-state index in [1.54, 1.807) is 0 Å². The first-order chi connectivity index (χ1) is 7.72. The van der Waals surface area contributed by atoms with Gasteiger partial charge < -0.3 is 5.32 Å². The molecule has 16 heavy (non-hydrogen) atoms. The molecule has 0 bridgehead atoms. The first kappa shape index (κ1) is 14.4. The van der Waals surface area contributed by atoms with Gasteiger partial charge in [0.25, 0.3) is 0 Å². The van der Waals surface area contributed by atoms with E-state index in [0.29, 0.717) is 6.04 Å². The van der Waals surface area contributed by atoms with Gasteiger partial charge in [0.05, 0.1) is 0 Å². The summed E-state index contributed by atoms with van der Waals surface area (Å²) < 4.78 is 0. The Balaban J connectivity index is 2.14. The van der Waals surface area contributed by atoms with Crippen LogP contribution in [0.25, 0.3) is 0 Å². The van der Waals surface area contributed by atoms with Gasteiger partial charge in [-0.1, -0.05) is 26.7 Å². The van der Waals surface area contributed by atoms with E-state index >= 15 is 0 Å². The summed E-state index contributed by atoms with van der Waals surface area (Å²) in [6.45, 7) is 7.00. The predicted octanol–water partition coefficient (Wildman–Crippen LogP) is 4.08. The molecule has 1 aliphatic rings. The molecule has 96 valence electrons. The molecule has 1 rings (SSSR count). The molecule has 0 amide bonds. The summed E-state index contributed by atoms with van der Waals surface area (Å²) in [5.41, 5.74) is 0. The smallest absolute Gasteiger partial charge is 0.00696 e. The molecule has 0 spiro atoms. The summed E-state index contributed by atoms with van der Waals surface area (Å²) >= 11 is 2.06. The largest absolute Gasteiger partial charge is 0.311 e. The maximum atomic E-state index is 3.82. The lowest BCUT2D eigenvalue weighted by atomic mass is 10.0. The van der Waals surface area contributed by atoms with Crippen LogP contribution in [0.5, 0.6) is 0 Å². The highest BCUT2D eigenvalue weighted by Crippen LogP contribution is 2.23. The maximum Gasteiger partial charge on any atom is 0.00696 e. The number of nitrogens with one attached hydrogen (secondary N) is 1. The predicted molar refractivity (Wildman–Crippen MR) is 76.3 cm³/mol. The van der Waals surface area contributed by atoms with Crippen LogP contribution >= 0.6 is 11.8 Å². The van der Waals surface area contributed by atoms with Gasteiger partial charge in [-0.15, -0.1) is 0 Å². The van der Waals surface area contributed by atoms with Gasteiger partial charge in [0, 0.05) is 12.1 Å². The highest BCUT2D eigenvalue weighted by Gasteiger charge is 2.17. The molecule has 3 unspecified atom stereocenters. The molecular weight excluding hydrogens is 214 g/mol. The molecule has 1 N–H and O–H groups in total. The summed E-state index contributed by atoms with van der Waals surface area (Å²) in [6.07, 6.45) is 8.41. The second-order valence-corrected chi connectivity index (χ2v) is 6.76. The minimum atomic E-state index is 0.706. The third kappa shape index (κ3) is 6.15. The van der Waals surface area contributed by atoms with Crippen molar-refractivity contribution in [2.24, 2.45) is 5.92 Å². The number of thioether (sulfide) groups is 1. The molecule has 0 aromatic heterocycles. The molecule has 0 heterocycles. The summed E-state index contributed by atoms with van der Waals surface area (Å²) in [6, 6.07) is 1.50. The second kappa shape index (κ2) is 8.41. The van der Waals surface area contributed by atoms with Crippen LogP contribution in [0.1, 0.15) is 59.3 Å². The summed E-state index contributed by atoms with van der Waals surface area (Å²) in [7, 11) is 0. The van der Waals surface area contributed by atoms with Crippen molar-refractivity contribution in [2.75, 3.05) is 11.5 Å². The van der Waals surface area contributed by atoms with Crippen molar-refractivity contribution in [3.05, 3.63) is 0 Å². The minimum absolute atomic E-state index is 0.706. The monoisotopic (exact) mass is 243 g/mol. The minimum Gasteiger partial charge on any atom is -0.311 e. The van der Waals surface area contributed by atoms with E-state index in [-0.39, 0.29) is 0 Å². The van der Waals surface area contributed by atoms with Gasteiger partial charge in [-0.05, 0) is 50.0 Å². The van der Waals surface area contributed by atoms with Gasteiger partial charge in [0.2, 0.25) is 0 Å². The first-order valence-corrected chi connectivity index (χ1v) is 8.21. The SMILES string of the molecule is CCSCCC(C)NC1CCCC(C)CC1. The van der Waals surface area contributed by atoms with Crippen LogP contribution in [0, 0.1) is 5.92 Å². The van der Waals surface area contributed by atoms with E-state index in [9.17, 15) is 0 Å². The molecule has 3 atom stereocenters. The average Bonchev–Trinajstić information content (AvgIpc) is 2.44. The van der Waals surface area contributed by atoms with Crippen LogP contribution in [-0.2, 0) is 0 Å². The van der Waals surface area contributed by atoms with Crippen molar-refractivity contribution in [1.82, 2.24) is 5.32 Å². The highest BCUT2D eigenvalue weighted by atomic mass is 32.2. The van der Waals surface area contributed by atoms with Crippen molar-refractivity contribution in [3.8, 4) is 0 Å². The van der Waals surface area contributed by atoms with Crippen molar-refractivity contribution < 1.29 is 0 Å². The van der Waals surface area contributed by atoms with Crippen molar-refractivity contribution in [3.63, 3.8) is 0 Å². The Labute approximate surface area is 106 Å². The number of hydrogen-bond donors (Lipinski definition) is 1. The fraction of sp³-hybridized carbons (Fsp3) is 1.00. The van der Waals surface area contributed by atoms with Crippen molar-refractivity contribution in [2.45, 2.75) is 71.4 Å². The molecule has 2 heteroatoms. The second-order valence-electron chi connectivity index (χ2n) is 5.36. The van der Waals surface area contributed by atoms with E-state index in [1.807, 2.05) is 0 Å². The number of rotatable bonds is 6. The molecule has 1 saturated carbocycles. The Morgan fingerprint density at radius 1 is 1.25 bits per heavy atom. The highest BCUT2D eigenvalue weighted by molar-refractivity contribution is 7.99. The Bertz CT molecular complexity index is 172. The van der Waals surface area contributed by atoms with E-state index < -0.39 is 0 Å². The molecule has 1 aliphatic carbocycles. The summed E-state index contributed by atoms with van der Waals surface area (Å²) in [4.78, 5) is 0. The molecular formula is C14H29NS. The Morgan fingerprint density at radius 3 is 2.81 bits per heavy atom. The lowest BCUT2D eigenvalue weighted by Crippen LogP contribution is -2.36. The number of hydrogen-bond acceptors (Lipinski definition) is 2. The van der Waals surface area contributed by atoms with Gasteiger partial charge in [0.1, 0.15) is 0 Å². The van der Waals surface area contributed by atoms with E-state index in [0.717, 1.165) is 12.0 Å². The van der Waals surface area contributed by atoms with Gasteiger partial charge >= 0.3 is 0 Å². The summed E-state index contributed by atoms with van der Waals surface area (Å²) in [5.74, 6) is 3.53. The third-order valence-corrected chi connectivity index (χ3v) is 4.61. The normalized spacial score (nSPS) is 28.7. The van der Waals surface area contributed by atoms with Crippen LogP contribution in [0.15, 0.2) is 0 Å². The van der Waals surface area contributed by atoms with Crippen LogP contribution in [0.2, 0.25) is 0 Å². The van der Waals surface area contributed by atoms with Gasteiger partial charge in [0.15, 0.2) is 0 Å². The van der Waals surface area contributed by atoms with Gasteiger partial charge in [-0.25, -0.2) is 0 Å². The lowest BCUT2D eigenvalue weighted by Gasteiger charge is -2.22. The molecule has 0 aromatic rings. The zero-order valence-electron chi connectivity index (χ0n) is 11.3. The summed E-state index contributed by atoms with van der Waals surface area (Å²) in [5, 5.41) is 3.82. The van der Waals surface area contributed by atoms with Crippen LogP contribution in [0.4, 0.5) is 0 Å². The van der Waals surface area contributed by atoms with Crippen molar-refractivity contribution >= 4 is 11.8 Å². The molecule has 0 radical (unpaired) electrons. The first-order valence-electron chi connectivity index (χ1n) is 7.06.